The topological polar surface area (TPSA) is 46.5 Å². The van der Waals surface area contributed by atoms with Gasteiger partial charge in [0.2, 0.25) is 5.13 Å². The number of hydrogen-bond donors (Lipinski definition) is 1. The molecular weight excluding hydrogens is 401 g/mol. The van der Waals surface area contributed by atoms with E-state index in [0.717, 1.165) is 28.3 Å². The maximum atomic E-state index is 6.24. The van der Waals surface area contributed by atoms with Crippen LogP contribution >= 0.6 is 34.5 Å². The fraction of sp³-hybridized carbons (Fsp3) is 0.100. The van der Waals surface area contributed by atoms with Crippen molar-refractivity contribution in [3.63, 3.8) is 0 Å². The van der Waals surface area contributed by atoms with Crippen molar-refractivity contribution in [2.45, 2.75) is 6.92 Å². The summed E-state index contributed by atoms with van der Waals surface area (Å²) in [6.07, 6.45) is 1.71. The number of hydrazone groups is 1. The zero-order valence-electron chi connectivity index (χ0n) is 14.6. The number of anilines is 1. The number of halogens is 2. The molecule has 2 aromatic carbocycles. The van der Waals surface area contributed by atoms with Gasteiger partial charge < -0.3 is 4.74 Å². The zero-order chi connectivity index (χ0) is 19.2. The number of thiazole rings is 1. The first-order valence-corrected chi connectivity index (χ1v) is 9.76. The van der Waals surface area contributed by atoms with E-state index in [0.29, 0.717) is 21.8 Å². The molecule has 0 spiro atoms. The number of ether oxygens (including phenoxy) is 1. The highest BCUT2D eigenvalue weighted by molar-refractivity contribution is 7.14. The standard InChI is InChI=1S/C20H17Cl2N3OS/c1-3-10-26-16-7-4-14(5-8-16)13(2)24-25-20-23-19(12-27-20)17-9-6-15(21)11-18(17)22/h3-9,11-12H,1,10H2,2H3,(H,23,25)/b24-13-. The zero-order valence-corrected chi connectivity index (χ0v) is 16.9. The smallest absolute Gasteiger partial charge is 0.203 e. The minimum Gasteiger partial charge on any atom is -0.490 e. The van der Waals surface area contributed by atoms with E-state index in [-0.39, 0.29) is 0 Å². The second-order valence-corrected chi connectivity index (χ2v) is 7.30. The van der Waals surface area contributed by atoms with Gasteiger partial charge in [-0.1, -0.05) is 35.9 Å². The Morgan fingerprint density at radius 3 is 2.74 bits per heavy atom. The van der Waals surface area contributed by atoms with Crippen molar-refractivity contribution in [2.24, 2.45) is 5.10 Å². The molecular formula is C20H17Cl2N3OS. The van der Waals surface area contributed by atoms with Gasteiger partial charge in [-0.15, -0.1) is 11.3 Å². The van der Waals surface area contributed by atoms with Crippen LogP contribution in [0.3, 0.4) is 0 Å². The normalized spacial score (nSPS) is 11.3. The fourth-order valence-corrected chi connectivity index (χ4v) is 3.45. The molecule has 7 heteroatoms. The Balaban J connectivity index is 1.68. The maximum absolute atomic E-state index is 6.24. The van der Waals surface area contributed by atoms with E-state index in [1.807, 2.05) is 42.6 Å². The Morgan fingerprint density at radius 2 is 2.04 bits per heavy atom. The molecule has 0 saturated carbocycles. The lowest BCUT2D eigenvalue weighted by Gasteiger charge is -2.05. The molecule has 0 amide bonds. The summed E-state index contributed by atoms with van der Waals surface area (Å²) >= 11 is 13.6. The van der Waals surface area contributed by atoms with Gasteiger partial charge in [0.05, 0.1) is 16.4 Å². The van der Waals surface area contributed by atoms with Crippen LogP contribution in [-0.2, 0) is 0 Å². The van der Waals surface area contributed by atoms with Gasteiger partial charge in [0, 0.05) is 16.0 Å². The minimum absolute atomic E-state index is 0.484. The Bertz CT molecular complexity index is 968. The first-order chi connectivity index (χ1) is 13.1. The first-order valence-electron chi connectivity index (χ1n) is 8.12. The van der Waals surface area contributed by atoms with Crippen LogP contribution < -0.4 is 10.2 Å². The van der Waals surface area contributed by atoms with Gasteiger partial charge in [-0.05, 0) is 55.0 Å². The lowest BCUT2D eigenvalue weighted by molar-refractivity contribution is 0.363. The van der Waals surface area contributed by atoms with Gasteiger partial charge in [0.25, 0.3) is 0 Å². The van der Waals surface area contributed by atoms with Crippen LogP contribution in [0.4, 0.5) is 5.13 Å². The summed E-state index contributed by atoms with van der Waals surface area (Å²) in [5, 5.41) is 8.17. The van der Waals surface area contributed by atoms with Crippen LogP contribution in [0.2, 0.25) is 10.0 Å². The van der Waals surface area contributed by atoms with Crippen LogP contribution in [0.15, 0.2) is 65.6 Å². The van der Waals surface area contributed by atoms with E-state index in [1.165, 1.54) is 11.3 Å². The molecule has 3 aromatic rings. The third-order valence-electron chi connectivity index (χ3n) is 3.67. The molecule has 1 aromatic heterocycles. The van der Waals surface area contributed by atoms with Crippen LogP contribution in [-0.4, -0.2) is 17.3 Å². The molecule has 0 fully saturated rings. The minimum atomic E-state index is 0.484. The van der Waals surface area contributed by atoms with Crippen molar-refractivity contribution >= 4 is 45.4 Å². The molecule has 0 aliphatic heterocycles. The van der Waals surface area contributed by atoms with Gasteiger partial charge in [0.15, 0.2) is 0 Å². The SMILES string of the molecule is C=CCOc1ccc(/C(C)=N\Nc2nc(-c3ccc(Cl)cc3Cl)cs2)cc1. The quantitative estimate of drug-likeness (QED) is 0.270. The molecule has 0 bridgehead atoms. The summed E-state index contributed by atoms with van der Waals surface area (Å²) in [5.74, 6) is 0.795. The van der Waals surface area contributed by atoms with Gasteiger partial charge in [0.1, 0.15) is 12.4 Å². The lowest BCUT2D eigenvalue weighted by atomic mass is 10.1. The summed E-state index contributed by atoms with van der Waals surface area (Å²) in [6.45, 7) is 6.05. The van der Waals surface area contributed by atoms with Crippen molar-refractivity contribution in [1.29, 1.82) is 0 Å². The average Bonchev–Trinajstić information content (AvgIpc) is 3.13. The van der Waals surface area contributed by atoms with Crippen molar-refractivity contribution in [1.82, 2.24) is 4.98 Å². The Morgan fingerprint density at radius 1 is 1.26 bits per heavy atom. The van der Waals surface area contributed by atoms with Crippen molar-refractivity contribution in [2.75, 3.05) is 12.0 Å². The molecule has 0 aliphatic carbocycles. The number of nitrogens with one attached hydrogen (secondary N) is 1. The van der Waals surface area contributed by atoms with E-state index < -0.39 is 0 Å². The second-order valence-electron chi connectivity index (χ2n) is 5.60. The van der Waals surface area contributed by atoms with Gasteiger partial charge >= 0.3 is 0 Å². The Kier molecular flexibility index (Phi) is 6.50. The lowest BCUT2D eigenvalue weighted by Crippen LogP contribution is -2.00. The number of benzene rings is 2. The van der Waals surface area contributed by atoms with E-state index in [2.05, 4.69) is 22.1 Å². The predicted octanol–water partition coefficient (Wildman–Crippen LogP) is 6.52. The predicted molar refractivity (Wildman–Crippen MR) is 116 cm³/mol. The Hall–Kier alpha value is -2.34. The molecule has 1 N–H and O–H groups in total. The van der Waals surface area contributed by atoms with E-state index in [9.17, 15) is 0 Å². The fourth-order valence-electron chi connectivity index (χ4n) is 2.29. The molecule has 138 valence electrons. The van der Waals surface area contributed by atoms with Gasteiger partial charge in [-0.3, -0.25) is 5.43 Å². The third kappa shape index (κ3) is 5.10. The van der Waals surface area contributed by atoms with Crippen LogP contribution in [0, 0.1) is 0 Å². The van der Waals surface area contributed by atoms with Gasteiger partial charge in [-0.25, -0.2) is 4.98 Å². The summed E-state index contributed by atoms with van der Waals surface area (Å²) in [6, 6.07) is 13.1. The highest BCUT2D eigenvalue weighted by atomic mass is 35.5. The molecule has 0 saturated heterocycles. The third-order valence-corrected chi connectivity index (χ3v) is 4.97. The van der Waals surface area contributed by atoms with Crippen molar-refractivity contribution in [3.05, 3.63) is 76.1 Å². The van der Waals surface area contributed by atoms with Crippen LogP contribution in [0.1, 0.15) is 12.5 Å². The summed E-state index contributed by atoms with van der Waals surface area (Å²) in [4.78, 5) is 4.53. The van der Waals surface area contributed by atoms with Crippen LogP contribution in [0.25, 0.3) is 11.3 Å². The summed E-state index contributed by atoms with van der Waals surface area (Å²) in [7, 11) is 0. The number of rotatable bonds is 7. The molecule has 0 aliphatic rings. The first kappa shape index (κ1) is 19.4. The van der Waals surface area contributed by atoms with E-state index in [1.54, 1.807) is 18.2 Å². The highest BCUT2D eigenvalue weighted by Crippen LogP contribution is 2.32. The van der Waals surface area contributed by atoms with E-state index >= 15 is 0 Å². The molecule has 0 radical (unpaired) electrons. The molecule has 1 heterocycles. The number of nitrogens with zero attached hydrogens (tertiary/aromatic N) is 2. The molecule has 0 unspecified atom stereocenters. The van der Waals surface area contributed by atoms with Gasteiger partial charge in [-0.2, -0.15) is 5.10 Å². The van der Waals surface area contributed by atoms with Crippen molar-refractivity contribution in [3.8, 4) is 17.0 Å². The molecule has 4 nitrogen and oxygen atoms in total. The molecule has 27 heavy (non-hydrogen) atoms. The Labute approximate surface area is 172 Å². The monoisotopic (exact) mass is 417 g/mol. The molecule has 3 rings (SSSR count). The maximum Gasteiger partial charge on any atom is 0.203 e. The second kappa shape index (κ2) is 9.04. The average molecular weight is 418 g/mol. The van der Waals surface area contributed by atoms with Crippen molar-refractivity contribution < 1.29 is 4.74 Å². The largest absolute Gasteiger partial charge is 0.490 e. The summed E-state index contributed by atoms with van der Waals surface area (Å²) < 4.78 is 5.48. The van der Waals surface area contributed by atoms with E-state index in [4.69, 9.17) is 27.9 Å². The molecule has 0 atom stereocenters. The summed E-state index contributed by atoms with van der Waals surface area (Å²) in [5.41, 5.74) is 6.44. The number of aromatic nitrogens is 1. The van der Waals surface area contributed by atoms with Crippen LogP contribution in [0.5, 0.6) is 5.75 Å². The highest BCUT2D eigenvalue weighted by Gasteiger charge is 2.09. The number of hydrogen-bond acceptors (Lipinski definition) is 5.